The lowest BCUT2D eigenvalue weighted by Gasteiger charge is -2.30. The Bertz CT molecular complexity index is 1180. The summed E-state index contributed by atoms with van der Waals surface area (Å²) >= 11 is 11.9. The highest BCUT2D eigenvalue weighted by Crippen LogP contribution is 2.24. The van der Waals surface area contributed by atoms with E-state index < -0.39 is 10.0 Å². The van der Waals surface area contributed by atoms with Gasteiger partial charge in [-0.25, -0.2) is 27.7 Å². The molecule has 0 unspecified atom stereocenters. The van der Waals surface area contributed by atoms with Crippen LogP contribution in [0.1, 0.15) is 33.1 Å². The maximum Gasteiger partial charge on any atom is 0.331 e. The molecule has 216 valence electrons. The fourth-order valence-corrected chi connectivity index (χ4v) is 5.68. The van der Waals surface area contributed by atoms with Crippen LogP contribution in [0.3, 0.4) is 0 Å². The van der Waals surface area contributed by atoms with Gasteiger partial charge in [0.15, 0.2) is 0 Å². The molecule has 1 atom stereocenters. The zero-order valence-electron chi connectivity index (χ0n) is 22.7. The van der Waals surface area contributed by atoms with Crippen LogP contribution in [0.5, 0.6) is 0 Å². The zero-order valence-corrected chi connectivity index (χ0v) is 25.0. The molecule has 2 aromatic carbocycles. The van der Waals surface area contributed by atoms with E-state index in [1.165, 1.54) is 18.2 Å². The van der Waals surface area contributed by atoms with Gasteiger partial charge >= 0.3 is 12.1 Å². The molecule has 0 aliphatic carbocycles. The summed E-state index contributed by atoms with van der Waals surface area (Å²) < 4.78 is 27.8. The van der Waals surface area contributed by atoms with Gasteiger partial charge in [-0.05, 0) is 55.5 Å². The van der Waals surface area contributed by atoms with Crippen molar-refractivity contribution in [2.24, 2.45) is 5.92 Å². The molecule has 0 bridgehead atoms. The van der Waals surface area contributed by atoms with Gasteiger partial charge in [-0.3, -0.25) is 5.43 Å². The topological polar surface area (TPSA) is 123 Å². The number of hydrogen-bond acceptors (Lipinski definition) is 5. The lowest BCUT2D eigenvalue weighted by atomic mass is 10.0. The number of benzene rings is 2. The molecule has 0 spiro atoms. The number of nitrogens with zero attached hydrogens (tertiary/aromatic N) is 2. The number of hydrogen-bond donors (Lipinski definition) is 4. The molecular formula is C26H38Cl2N6O4S. The third-order valence-electron chi connectivity index (χ3n) is 5.50. The second-order valence-electron chi connectivity index (χ2n) is 9.73. The van der Waals surface area contributed by atoms with Crippen LogP contribution in [0, 0.1) is 5.92 Å². The molecule has 0 aromatic heterocycles. The van der Waals surface area contributed by atoms with Crippen molar-refractivity contribution < 1.29 is 18.0 Å². The highest BCUT2D eigenvalue weighted by atomic mass is 35.5. The van der Waals surface area contributed by atoms with Crippen LogP contribution in [0.25, 0.3) is 0 Å². The number of nitrogens with one attached hydrogen (secondary N) is 4. The lowest BCUT2D eigenvalue weighted by molar-refractivity contribution is 0.161. The van der Waals surface area contributed by atoms with Crippen molar-refractivity contribution >= 4 is 51.0 Å². The number of hydrazine groups is 1. The summed E-state index contributed by atoms with van der Waals surface area (Å²) in [7, 11) is -0.383. The maximum atomic E-state index is 12.9. The smallest absolute Gasteiger partial charge is 0.331 e. The summed E-state index contributed by atoms with van der Waals surface area (Å²) in [6.45, 7) is 4.91. The van der Waals surface area contributed by atoms with E-state index in [2.05, 4.69) is 20.8 Å². The first-order valence-electron chi connectivity index (χ1n) is 12.7. The summed E-state index contributed by atoms with van der Waals surface area (Å²) in [6.07, 6.45) is 1.67. The van der Waals surface area contributed by atoms with Gasteiger partial charge in [0.25, 0.3) is 0 Å². The van der Waals surface area contributed by atoms with Crippen LogP contribution in [0.15, 0.2) is 53.4 Å². The third-order valence-corrected chi connectivity index (χ3v) is 7.68. The summed E-state index contributed by atoms with van der Waals surface area (Å²) in [4.78, 5) is 27.2. The average molecular weight is 602 g/mol. The van der Waals surface area contributed by atoms with Gasteiger partial charge in [0, 0.05) is 50.5 Å². The van der Waals surface area contributed by atoms with Gasteiger partial charge in [0.1, 0.15) is 4.90 Å². The molecule has 0 fully saturated rings. The van der Waals surface area contributed by atoms with E-state index in [0.717, 1.165) is 0 Å². The van der Waals surface area contributed by atoms with Crippen LogP contribution in [-0.2, 0) is 10.0 Å². The van der Waals surface area contributed by atoms with Crippen LogP contribution in [0.4, 0.5) is 15.3 Å². The third kappa shape index (κ3) is 12.0. The van der Waals surface area contributed by atoms with Crippen molar-refractivity contribution in [3.63, 3.8) is 0 Å². The predicted octanol–water partition coefficient (Wildman–Crippen LogP) is 4.78. The summed E-state index contributed by atoms with van der Waals surface area (Å²) in [5.74, 6) is 0.278. The number of anilines is 1. The van der Waals surface area contributed by atoms with Crippen molar-refractivity contribution in [2.75, 3.05) is 39.0 Å². The van der Waals surface area contributed by atoms with Gasteiger partial charge < -0.3 is 15.5 Å². The van der Waals surface area contributed by atoms with Crippen molar-refractivity contribution in [1.29, 1.82) is 0 Å². The Morgan fingerprint density at radius 2 is 1.69 bits per heavy atom. The number of carbonyl (C=O) groups is 2. The number of unbranched alkanes of at least 4 members (excludes halogenated alkanes) is 1. The number of carbonyl (C=O) groups excluding carboxylic acids is 2. The molecule has 10 nitrogen and oxygen atoms in total. The minimum Gasteiger partial charge on any atom is -0.333 e. The normalized spacial score (nSPS) is 12.3. The molecule has 4 amide bonds. The van der Waals surface area contributed by atoms with Crippen molar-refractivity contribution in [1.82, 2.24) is 25.4 Å². The number of sulfonamides is 1. The highest BCUT2D eigenvalue weighted by Gasteiger charge is 2.22. The standard InChI is InChI=1S/C26H38Cl2N6O4S/c1-19(2)16-22(31-25(35)30-21-10-6-5-7-11-21)18-34(26(36)32-33(3)4)15-9-8-14-29-39(37,38)24-13-12-20(27)17-23(24)28/h5-7,10-13,17,19,22,29H,8-9,14-16,18H2,1-4H3,(H,32,36)(H2,30,31,35)/t22-/m1/s1. The van der Waals surface area contributed by atoms with Crippen molar-refractivity contribution in [3.05, 3.63) is 58.6 Å². The number of rotatable bonds is 14. The van der Waals surface area contributed by atoms with Gasteiger partial charge in [0.05, 0.1) is 5.02 Å². The number of halogens is 2. The lowest BCUT2D eigenvalue weighted by Crippen LogP contribution is -2.52. The minimum absolute atomic E-state index is 0.0431. The Balaban J connectivity index is 1.98. The Labute approximate surface area is 241 Å². The molecule has 0 heterocycles. The van der Waals surface area contributed by atoms with E-state index in [-0.39, 0.29) is 47.0 Å². The van der Waals surface area contributed by atoms with E-state index in [9.17, 15) is 18.0 Å². The molecule has 0 aliphatic heterocycles. The molecule has 2 rings (SSSR count). The quantitative estimate of drug-likeness (QED) is 0.184. The molecule has 2 aromatic rings. The highest BCUT2D eigenvalue weighted by molar-refractivity contribution is 7.89. The molecule has 0 aliphatic rings. The monoisotopic (exact) mass is 600 g/mol. The Morgan fingerprint density at radius 1 is 1.00 bits per heavy atom. The summed E-state index contributed by atoms with van der Waals surface area (Å²) in [5, 5.41) is 7.74. The number of para-hydroxylation sites is 1. The maximum absolute atomic E-state index is 12.9. The second kappa shape index (κ2) is 15.9. The van der Waals surface area contributed by atoms with Crippen LogP contribution < -0.4 is 20.8 Å². The van der Waals surface area contributed by atoms with Crippen LogP contribution in [0.2, 0.25) is 10.0 Å². The molecule has 13 heteroatoms. The Hall–Kier alpha value is -2.57. The molecular weight excluding hydrogens is 563 g/mol. The Morgan fingerprint density at radius 3 is 2.31 bits per heavy atom. The second-order valence-corrected chi connectivity index (χ2v) is 12.3. The largest absolute Gasteiger partial charge is 0.333 e. The van der Waals surface area contributed by atoms with E-state index in [1.54, 1.807) is 36.1 Å². The first-order chi connectivity index (χ1) is 18.4. The van der Waals surface area contributed by atoms with E-state index in [4.69, 9.17) is 23.2 Å². The van der Waals surface area contributed by atoms with E-state index >= 15 is 0 Å². The molecule has 0 radical (unpaired) electrons. The van der Waals surface area contributed by atoms with Crippen molar-refractivity contribution in [2.45, 2.75) is 44.0 Å². The fourth-order valence-electron chi connectivity index (χ4n) is 3.83. The molecule has 39 heavy (non-hydrogen) atoms. The number of amides is 4. The number of urea groups is 2. The predicted molar refractivity (Wildman–Crippen MR) is 157 cm³/mol. The SMILES string of the molecule is CC(C)C[C@H](CN(CCCCNS(=O)(=O)c1ccc(Cl)cc1Cl)C(=O)NN(C)C)NC(=O)Nc1ccccc1. The average Bonchev–Trinajstić information content (AvgIpc) is 2.82. The van der Waals surface area contributed by atoms with Gasteiger partial charge in [-0.15, -0.1) is 0 Å². The van der Waals surface area contributed by atoms with Crippen LogP contribution >= 0.6 is 23.2 Å². The van der Waals surface area contributed by atoms with Gasteiger partial charge in [-0.1, -0.05) is 55.2 Å². The van der Waals surface area contributed by atoms with Crippen molar-refractivity contribution in [3.8, 4) is 0 Å². The first kappa shape index (κ1) is 32.6. The fraction of sp³-hybridized carbons (Fsp3) is 0.462. The molecule has 0 saturated heterocycles. The van der Waals surface area contributed by atoms with Gasteiger partial charge in [0.2, 0.25) is 10.0 Å². The zero-order chi connectivity index (χ0) is 29.0. The minimum atomic E-state index is -3.81. The molecule has 4 N–H and O–H groups in total. The summed E-state index contributed by atoms with van der Waals surface area (Å²) in [6, 6.07) is 12.4. The van der Waals surface area contributed by atoms with Gasteiger partial charge in [-0.2, -0.15) is 0 Å². The Kier molecular flexibility index (Phi) is 13.3. The molecule has 0 saturated carbocycles. The summed E-state index contributed by atoms with van der Waals surface area (Å²) in [5.41, 5.74) is 3.42. The van der Waals surface area contributed by atoms with E-state index in [1.807, 2.05) is 32.0 Å². The van der Waals surface area contributed by atoms with Crippen LogP contribution in [-0.4, -0.2) is 70.2 Å². The van der Waals surface area contributed by atoms with E-state index in [0.29, 0.717) is 36.5 Å². The first-order valence-corrected chi connectivity index (χ1v) is 14.9.